The number of methoxy groups -OCH3 is 1. The molecule has 1 fully saturated rings. The van der Waals surface area contributed by atoms with E-state index in [2.05, 4.69) is 4.74 Å². The molecule has 0 bridgehead atoms. The number of aromatic nitrogens is 1. The quantitative estimate of drug-likeness (QED) is 0.828. The van der Waals surface area contributed by atoms with Gasteiger partial charge in [-0.25, -0.2) is 4.79 Å². The van der Waals surface area contributed by atoms with Crippen molar-refractivity contribution in [2.75, 3.05) is 30.8 Å². The summed E-state index contributed by atoms with van der Waals surface area (Å²) in [5.41, 5.74) is 4.83. The number of anilines is 2. The number of halogens is 3. The van der Waals surface area contributed by atoms with Crippen molar-refractivity contribution in [1.82, 2.24) is 4.57 Å². The van der Waals surface area contributed by atoms with Gasteiger partial charge in [0.25, 0.3) is 0 Å². The molecule has 2 aromatic rings. The van der Waals surface area contributed by atoms with E-state index in [0.717, 1.165) is 30.6 Å². The largest absolute Gasteiger partial charge is 0.464 e. The lowest BCUT2D eigenvalue weighted by molar-refractivity contribution is -0.137. The summed E-state index contributed by atoms with van der Waals surface area (Å²) in [5.74, 6) is -0.842. The number of ether oxygens (including phenoxy) is 1. The Morgan fingerprint density at radius 1 is 1.30 bits per heavy atom. The van der Waals surface area contributed by atoms with E-state index in [0.29, 0.717) is 13.1 Å². The van der Waals surface area contributed by atoms with Crippen molar-refractivity contribution in [1.29, 1.82) is 5.26 Å². The molecule has 1 aromatic carbocycles. The van der Waals surface area contributed by atoms with Gasteiger partial charge in [0, 0.05) is 30.7 Å². The first-order valence-electron chi connectivity index (χ1n) is 8.23. The van der Waals surface area contributed by atoms with Gasteiger partial charge < -0.3 is 19.9 Å². The summed E-state index contributed by atoms with van der Waals surface area (Å²) in [6, 6.07) is 5.63. The molecule has 1 saturated heterocycles. The van der Waals surface area contributed by atoms with Crippen LogP contribution in [0.4, 0.5) is 24.5 Å². The van der Waals surface area contributed by atoms with Crippen LogP contribution in [0.25, 0.3) is 5.69 Å². The van der Waals surface area contributed by atoms with Crippen LogP contribution in [0, 0.1) is 11.3 Å². The number of esters is 1. The van der Waals surface area contributed by atoms with Gasteiger partial charge in [-0.3, -0.25) is 0 Å². The van der Waals surface area contributed by atoms with Crippen LogP contribution in [0.5, 0.6) is 0 Å². The zero-order valence-electron chi connectivity index (χ0n) is 14.5. The zero-order valence-corrected chi connectivity index (χ0v) is 14.5. The Kier molecular flexibility index (Phi) is 4.74. The molecular weight excluding hydrogens is 361 g/mol. The number of hydrogen-bond acceptors (Lipinski definition) is 5. The molecule has 0 radical (unpaired) electrons. The summed E-state index contributed by atoms with van der Waals surface area (Å²) in [6.45, 7) is 1.12. The van der Waals surface area contributed by atoms with Crippen LogP contribution in [0.15, 0.2) is 24.4 Å². The number of carbonyl (C=O) groups is 1. The predicted molar refractivity (Wildman–Crippen MR) is 92.7 cm³/mol. The minimum atomic E-state index is -4.57. The average Bonchev–Trinajstić information content (AvgIpc) is 3.27. The Morgan fingerprint density at radius 2 is 1.96 bits per heavy atom. The van der Waals surface area contributed by atoms with Crippen LogP contribution >= 0.6 is 0 Å². The maximum atomic E-state index is 13.7. The maximum absolute atomic E-state index is 13.7. The van der Waals surface area contributed by atoms with Crippen LogP contribution < -0.4 is 10.6 Å². The molecule has 0 unspecified atom stereocenters. The molecule has 6 nitrogen and oxygen atoms in total. The van der Waals surface area contributed by atoms with E-state index in [1.54, 1.807) is 4.90 Å². The van der Waals surface area contributed by atoms with Gasteiger partial charge in [-0.05, 0) is 31.0 Å². The lowest BCUT2D eigenvalue weighted by Gasteiger charge is -2.23. The van der Waals surface area contributed by atoms with Gasteiger partial charge in [0.2, 0.25) is 0 Å². The molecule has 0 saturated carbocycles. The highest BCUT2D eigenvalue weighted by molar-refractivity contribution is 5.96. The molecule has 27 heavy (non-hydrogen) atoms. The normalized spacial score (nSPS) is 14.3. The van der Waals surface area contributed by atoms with E-state index in [-0.39, 0.29) is 28.3 Å². The fourth-order valence-corrected chi connectivity index (χ4v) is 3.25. The molecule has 142 valence electrons. The molecule has 2 N–H and O–H groups in total. The van der Waals surface area contributed by atoms with E-state index in [1.165, 1.54) is 18.3 Å². The average molecular weight is 378 g/mol. The Balaban J connectivity index is 2.19. The SMILES string of the molecule is COC(=O)c1c(N)c(C#N)cn1-c1ccc(N2CCCC2)c(C(F)(F)F)c1. The minimum absolute atomic E-state index is 0.0208. The first-order valence-corrected chi connectivity index (χ1v) is 8.23. The third-order valence-corrected chi connectivity index (χ3v) is 4.55. The van der Waals surface area contributed by atoms with Gasteiger partial charge >= 0.3 is 12.1 Å². The Morgan fingerprint density at radius 3 is 2.52 bits per heavy atom. The van der Waals surface area contributed by atoms with E-state index in [1.807, 2.05) is 6.07 Å². The van der Waals surface area contributed by atoms with E-state index in [4.69, 9.17) is 11.0 Å². The van der Waals surface area contributed by atoms with Crippen molar-refractivity contribution < 1.29 is 22.7 Å². The summed E-state index contributed by atoms with van der Waals surface area (Å²) in [5, 5.41) is 9.15. The van der Waals surface area contributed by atoms with Crippen LogP contribution in [-0.2, 0) is 10.9 Å². The summed E-state index contributed by atoms with van der Waals surface area (Å²) in [4.78, 5) is 13.7. The third-order valence-electron chi connectivity index (χ3n) is 4.55. The van der Waals surface area contributed by atoms with Crippen molar-refractivity contribution in [3.63, 3.8) is 0 Å². The third kappa shape index (κ3) is 3.30. The second kappa shape index (κ2) is 6.87. The molecule has 3 rings (SSSR count). The van der Waals surface area contributed by atoms with E-state index >= 15 is 0 Å². The van der Waals surface area contributed by atoms with Crippen LogP contribution in [0.3, 0.4) is 0 Å². The van der Waals surface area contributed by atoms with Crippen LogP contribution in [0.1, 0.15) is 34.5 Å². The summed E-state index contributed by atoms with van der Waals surface area (Å²) < 4.78 is 46.8. The van der Waals surface area contributed by atoms with E-state index < -0.39 is 17.7 Å². The lowest BCUT2D eigenvalue weighted by Crippen LogP contribution is -2.22. The van der Waals surface area contributed by atoms with Crippen molar-refractivity contribution >= 4 is 17.3 Å². The zero-order chi connectivity index (χ0) is 19.8. The Labute approximate surface area is 153 Å². The highest BCUT2D eigenvalue weighted by Crippen LogP contribution is 2.39. The smallest absolute Gasteiger partial charge is 0.418 e. The number of nitriles is 1. The number of rotatable bonds is 3. The van der Waals surface area contributed by atoms with Crippen LogP contribution in [-0.4, -0.2) is 30.7 Å². The molecule has 2 heterocycles. The summed E-state index contributed by atoms with van der Waals surface area (Å²) in [6.07, 6.45) is -1.67. The number of carbonyl (C=O) groups excluding carboxylic acids is 1. The molecule has 0 aliphatic carbocycles. The molecule has 1 aliphatic heterocycles. The lowest BCUT2D eigenvalue weighted by atomic mass is 10.1. The van der Waals surface area contributed by atoms with Crippen LogP contribution in [0.2, 0.25) is 0 Å². The van der Waals surface area contributed by atoms with Gasteiger partial charge in [-0.15, -0.1) is 0 Å². The van der Waals surface area contributed by atoms with Gasteiger partial charge in [-0.2, -0.15) is 18.4 Å². The molecular formula is C18H17F3N4O2. The minimum Gasteiger partial charge on any atom is -0.464 e. The van der Waals surface area contributed by atoms with E-state index in [9.17, 15) is 18.0 Å². The Bertz CT molecular complexity index is 922. The molecule has 0 atom stereocenters. The second-order valence-electron chi connectivity index (χ2n) is 6.17. The van der Waals surface area contributed by atoms with Crippen molar-refractivity contribution in [3.05, 3.63) is 41.2 Å². The number of alkyl halides is 3. The first-order chi connectivity index (χ1) is 12.8. The number of nitrogen functional groups attached to an aromatic ring is 1. The summed E-state index contributed by atoms with van der Waals surface area (Å²) >= 11 is 0. The standard InChI is InChI=1S/C18H17F3N4O2/c1-27-17(26)16-15(23)11(9-22)10-25(16)12-4-5-14(24-6-2-3-7-24)13(8-12)18(19,20)21/h4-5,8,10H,2-3,6-7,23H2,1H3. The predicted octanol–water partition coefficient (Wildman–Crippen LogP) is 3.34. The Hall–Kier alpha value is -3.15. The molecule has 1 aromatic heterocycles. The van der Waals surface area contributed by atoms with Gasteiger partial charge in [0.1, 0.15) is 6.07 Å². The monoisotopic (exact) mass is 378 g/mol. The molecule has 9 heteroatoms. The second-order valence-corrected chi connectivity index (χ2v) is 6.17. The molecule has 0 amide bonds. The van der Waals surface area contributed by atoms with Gasteiger partial charge in [0.05, 0.1) is 23.9 Å². The van der Waals surface area contributed by atoms with Gasteiger partial charge in [0.15, 0.2) is 5.69 Å². The number of nitrogens with two attached hydrogens (primary N) is 1. The highest BCUT2D eigenvalue weighted by Gasteiger charge is 2.36. The number of benzene rings is 1. The maximum Gasteiger partial charge on any atom is 0.418 e. The van der Waals surface area contributed by atoms with Gasteiger partial charge in [-0.1, -0.05) is 0 Å². The molecule has 1 aliphatic rings. The summed E-state index contributed by atoms with van der Waals surface area (Å²) in [7, 11) is 1.13. The van der Waals surface area contributed by atoms with Crippen molar-refractivity contribution in [2.45, 2.75) is 19.0 Å². The first kappa shape index (κ1) is 18.6. The molecule has 0 spiro atoms. The fourth-order valence-electron chi connectivity index (χ4n) is 3.25. The number of nitrogens with zero attached hydrogens (tertiary/aromatic N) is 3. The van der Waals surface area contributed by atoms with Crippen molar-refractivity contribution in [2.24, 2.45) is 0 Å². The fraction of sp³-hybridized carbons (Fsp3) is 0.333. The van der Waals surface area contributed by atoms with Crippen molar-refractivity contribution in [3.8, 4) is 11.8 Å². The topological polar surface area (TPSA) is 84.3 Å². The number of hydrogen-bond donors (Lipinski definition) is 1. The highest BCUT2D eigenvalue weighted by atomic mass is 19.4.